The summed E-state index contributed by atoms with van der Waals surface area (Å²) in [4.78, 5) is 48.2. The van der Waals surface area contributed by atoms with E-state index in [9.17, 15) is 14.4 Å². The summed E-state index contributed by atoms with van der Waals surface area (Å²) >= 11 is 0. The SMILES string of the molecule is CC(C)N(Cc1nc2ccccc2c(=O)[nH]1)C(=O)CN1C(=O)COc2ccccc21. The Morgan fingerprint density at radius 3 is 2.70 bits per heavy atom. The lowest BCUT2D eigenvalue weighted by Crippen LogP contribution is -2.48. The topological polar surface area (TPSA) is 95.6 Å². The molecule has 1 N–H and O–H groups in total. The molecule has 3 aromatic rings. The van der Waals surface area contributed by atoms with E-state index in [-0.39, 0.29) is 43.1 Å². The lowest BCUT2D eigenvalue weighted by Gasteiger charge is -2.32. The highest BCUT2D eigenvalue weighted by Gasteiger charge is 2.29. The van der Waals surface area contributed by atoms with E-state index in [1.807, 2.05) is 26.0 Å². The molecular formula is C22H22N4O4. The fourth-order valence-corrected chi connectivity index (χ4v) is 3.48. The van der Waals surface area contributed by atoms with E-state index in [0.717, 1.165) is 0 Å². The molecule has 0 aliphatic carbocycles. The maximum atomic E-state index is 13.1. The molecule has 0 bridgehead atoms. The summed E-state index contributed by atoms with van der Waals surface area (Å²) in [5.41, 5.74) is 0.900. The number of anilines is 1. The summed E-state index contributed by atoms with van der Waals surface area (Å²) in [5.74, 6) is 0.449. The monoisotopic (exact) mass is 406 g/mol. The minimum Gasteiger partial charge on any atom is -0.482 e. The minimum atomic E-state index is -0.275. The van der Waals surface area contributed by atoms with Crippen LogP contribution in [0.3, 0.4) is 0 Å². The van der Waals surface area contributed by atoms with Crippen molar-refractivity contribution in [3.05, 3.63) is 64.7 Å². The Labute approximate surface area is 173 Å². The van der Waals surface area contributed by atoms with Crippen molar-refractivity contribution in [1.29, 1.82) is 0 Å². The number of hydrogen-bond donors (Lipinski definition) is 1. The van der Waals surface area contributed by atoms with E-state index >= 15 is 0 Å². The fraction of sp³-hybridized carbons (Fsp3) is 0.273. The number of ether oxygens (including phenoxy) is 1. The smallest absolute Gasteiger partial charge is 0.265 e. The molecule has 1 aliphatic rings. The highest BCUT2D eigenvalue weighted by Crippen LogP contribution is 2.31. The van der Waals surface area contributed by atoms with Gasteiger partial charge in [0.15, 0.2) is 6.61 Å². The summed E-state index contributed by atoms with van der Waals surface area (Å²) in [7, 11) is 0. The highest BCUT2D eigenvalue weighted by molar-refractivity contribution is 6.02. The molecule has 2 heterocycles. The average molecular weight is 406 g/mol. The lowest BCUT2D eigenvalue weighted by atomic mass is 10.2. The molecule has 1 aliphatic heterocycles. The summed E-state index contributed by atoms with van der Waals surface area (Å²) in [5, 5.41) is 0.499. The number of fused-ring (bicyclic) bond motifs is 2. The molecule has 0 saturated carbocycles. The highest BCUT2D eigenvalue weighted by atomic mass is 16.5. The van der Waals surface area contributed by atoms with Gasteiger partial charge in [0.1, 0.15) is 18.1 Å². The summed E-state index contributed by atoms with van der Waals surface area (Å²) < 4.78 is 5.44. The van der Waals surface area contributed by atoms with E-state index < -0.39 is 0 Å². The second-order valence-electron chi connectivity index (χ2n) is 7.38. The number of nitrogens with one attached hydrogen (secondary N) is 1. The fourth-order valence-electron chi connectivity index (χ4n) is 3.48. The van der Waals surface area contributed by atoms with Crippen LogP contribution in [0.2, 0.25) is 0 Å². The van der Waals surface area contributed by atoms with E-state index in [1.54, 1.807) is 41.3 Å². The Kier molecular flexibility index (Phi) is 5.22. The Hall–Kier alpha value is -3.68. The predicted octanol–water partition coefficient (Wildman–Crippen LogP) is 2.09. The number of benzene rings is 2. The Bertz CT molecular complexity index is 1170. The van der Waals surface area contributed by atoms with Gasteiger partial charge in [0.2, 0.25) is 5.91 Å². The van der Waals surface area contributed by atoms with E-state index in [0.29, 0.717) is 28.2 Å². The molecule has 2 amide bonds. The first kappa shape index (κ1) is 19.6. The second-order valence-corrected chi connectivity index (χ2v) is 7.38. The van der Waals surface area contributed by atoms with Crippen LogP contribution in [-0.4, -0.2) is 45.9 Å². The van der Waals surface area contributed by atoms with E-state index in [4.69, 9.17) is 4.74 Å². The van der Waals surface area contributed by atoms with Crippen LogP contribution in [0.15, 0.2) is 53.3 Å². The van der Waals surface area contributed by atoms with Gasteiger partial charge in [-0.15, -0.1) is 0 Å². The number of rotatable bonds is 5. The van der Waals surface area contributed by atoms with Crippen LogP contribution in [0.5, 0.6) is 5.75 Å². The minimum absolute atomic E-state index is 0.106. The van der Waals surface area contributed by atoms with Crippen molar-refractivity contribution in [2.24, 2.45) is 0 Å². The number of H-pyrrole nitrogens is 1. The van der Waals surface area contributed by atoms with Gasteiger partial charge in [-0.25, -0.2) is 4.98 Å². The summed E-state index contributed by atoms with van der Waals surface area (Å²) in [6.45, 7) is 3.68. The molecule has 1 aromatic heterocycles. The van der Waals surface area contributed by atoms with Crippen molar-refractivity contribution in [2.75, 3.05) is 18.1 Å². The van der Waals surface area contributed by atoms with E-state index in [1.165, 1.54) is 4.90 Å². The van der Waals surface area contributed by atoms with Gasteiger partial charge in [-0.2, -0.15) is 0 Å². The standard InChI is InChI=1S/C22H22N4O4/c1-14(2)25(11-19-23-16-8-4-3-7-15(16)22(29)24-19)20(27)12-26-17-9-5-6-10-18(17)30-13-21(26)28/h3-10,14H,11-13H2,1-2H3,(H,23,24,29). The van der Waals surface area contributed by atoms with Crippen molar-refractivity contribution in [2.45, 2.75) is 26.4 Å². The normalized spacial score (nSPS) is 13.3. The molecule has 0 atom stereocenters. The molecule has 154 valence electrons. The van der Waals surface area contributed by atoms with Gasteiger partial charge in [0.05, 0.1) is 23.1 Å². The molecular weight excluding hydrogens is 384 g/mol. The third kappa shape index (κ3) is 3.76. The van der Waals surface area contributed by atoms with Crippen LogP contribution in [-0.2, 0) is 16.1 Å². The third-order valence-electron chi connectivity index (χ3n) is 5.03. The van der Waals surface area contributed by atoms with Crippen molar-refractivity contribution in [3.63, 3.8) is 0 Å². The quantitative estimate of drug-likeness (QED) is 0.700. The molecule has 0 saturated heterocycles. The molecule has 0 radical (unpaired) electrons. The summed E-state index contributed by atoms with van der Waals surface area (Å²) in [6, 6.07) is 14.0. The summed E-state index contributed by atoms with van der Waals surface area (Å²) in [6.07, 6.45) is 0. The predicted molar refractivity (Wildman–Crippen MR) is 112 cm³/mol. The van der Waals surface area contributed by atoms with Crippen molar-refractivity contribution < 1.29 is 14.3 Å². The number of hydrogen-bond acceptors (Lipinski definition) is 5. The van der Waals surface area contributed by atoms with Crippen LogP contribution in [0.1, 0.15) is 19.7 Å². The van der Waals surface area contributed by atoms with Gasteiger partial charge in [-0.3, -0.25) is 19.3 Å². The Morgan fingerprint density at radius 1 is 1.17 bits per heavy atom. The number of carbonyl (C=O) groups excluding carboxylic acids is 2. The molecule has 30 heavy (non-hydrogen) atoms. The van der Waals surface area contributed by atoms with Crippen LogP contribution in [0.4, 0.5) is 5.69 Å². The molecule has 8 nitrogen and oxygen atoms in total. The zero-order valence-electron chi connectivity index (χ0n) is 16.8. The van der Waals surface area contributed by atoms with Crippen LogP contribution >= 0.6 is 0 Å². The maximum Gasteiger partial charge on any atom is 0.265 e. The molecule has 2 aromatic carbocycles. The first-order valence-corrected chi connectivity index (χ1v) is 9.73. The average Bonchev–Trinajstić information content (AvgIpc) is 2.74. The molecule has 0 spiro atoms. The lowest BCUT2D eigenvalue weighted by molar-refractivity contribution is -0.134. The molecule has 0 fully saturated rings. The largest absolute Gasteiger partial charge is 0.482 e. The number of aromatic nitrogens is 2. The first-order chi connectivity index (χ1) is 14.4. The Balaban J connectivity index is 1.59. The van der Waals surface area contributed by atoms with Gasteiger partial charge in [0.25, 0.3) is 11.5 Å². The van der Waals surface area contributed by atoms with Gasteiger partial charge >= 0.3 is 0 Å². The maximum absolute atomic E-state index is 13.1. The van der Waals surface area contributed by atoms with Crippen molar-refractivity contribution >= 4 is 28.4 Å². The van der Waals surface area contributed by atoms with Crippen molar-refractivity contribution in [3.8, 4) is 5.75 Å². The van der Waals surface area contributed by atoms with Crippen molar-refractivity contribution in [1.82, 2.24) is 14.9 Å². The van der Waals surface area contributed by atoms with Gasteiger partial charge in [-0.05, 0) is 38.1 Å². The van der Waals surface area contributed by atoms with Crippen LogP contribution in [0, 0.1) is 0 Å². The van der Waals surface area contributed by atoms with Gasteiger partial charge in [-0.1, -0.05) is 24.3 Å². The second kappa shape index (κ2) is 7.98. The number of amides is 2. The number of para-hydroxylation sites is 3. The Morgan fingerprint density at radius 2 is 1.90 bits per heavy atom. The zero-order chi connectivity index (χ0) is 21.3. The van der Waals surface area contributed by atoms with Gasteiger partial charge in [0, 0.05) is 6.04 Å². The zero-order valence-corrected chi connectivity index (χ0v) is 16.8. The number of aromatic amines is 1. The first-order valence-electron chi connectivity index (χ1n) is 9.73. The van der Waals surface area contributed by atoms with Crippen LogP contribution < -0.4 is 15.2 Å². The molecule has 8 heteroatoms. The number of carbonyl (C=O) groups is 2. The van der Waals surface area contributed by atoms with Gasteiger partial charge < -0.3 is 14.6 Å². The number of nitrogens with zero attached hydrogens (tertiary/aromatic N) is 3. The molecule has 0 unspecified atom stereocenters. The molecule has 4 rings (SSSR count). The van der Waals surface area contributed by atoms with E-state index in [2.05, 4.69) is 9.97 Å². The van der Waals surface area contributed by atoms with Crippen LogP contribution in [0.25, 0.3) is 10.9 Å². The third-order valence-corrected chi connectivity index (χ3v) is 5.03.